The topological polar surface area (TPSA) is 64.4 Å². The van der Waals surface area contributed by atoms with Crippen LogP contribution < -0.4 is 11.1 Å². The molecule has 1 aromatic carbocycles. The quantitative estimate of drug-likeness (QED) is 0.766. The van der Waals surface area contributed by atoms with Crippen LogP contribution in [-0.2, 0) is 15.7 Å². The van der Waals surface area contributed by atoms with Crippen molar-refractivity contribution in [1.29, 1.82) is 0 Å². The summed E-state index contributed by atoms with van der Waals surface area (Å²) in [4.78, 5) is 10.3. The average Bonchev–Trinajstić information content (AvgIpc) is 2.27. The van der Waals surface area contributed by atoms with Gasteiger partial charge in [-0.3, -0.25) is 4.79 Å². The third kappa shape index (κ3) is 4.62. The molecule has 0 saturated heterocycles. The summed E-state index contributed by atoms with van der Waals surface area (Å²) in [6.07, 6.45) is -4.41. The highest BCUT2D eigenvalue weighted by Crippen LogP contribution is 2.34. The standard InChI is InChI=1S/C11H13F3N2O2/c12-11(13,14)8-3-1-2-4-9(8)16-5-6-18-7-10(15)17/h1-4,16H,5-7H2,(H2,15,17). The van der Waals surface area contributed by atoms with Gasteiger partial charge in [0, 0.05) is 12.2 Å². The zero-order chi connectivity index (χ0) is 13.6. The van der Waals surface area contributed by atoms with Gasteiger partial charge in [-0.1, -0.05) is 12.1 Å². The van der Waals surface area contributed by atoms with Crippen molar-refractivity contribution in [3.05, 3.63) is 29.8 Å². The van der Waals surface area contributed by atoms with E-state index in [2.05, 4.69) is 5.32 Å². The minimum absolute atomic E-state index is 0.0207. The number of hydrogen-bond donors (Lipinski definition) is 2. The summed E-state index contributed by atoms with van der Waals surface area (Å²) >= 11 is 0. The number of nitrogens with one attached hydrogen (secondary N) is 1. The predicted octanol–water partition coefficient (Wildman–Crippen LogP) is 1.62. The highest BCUT2D eigenvalue weighted by molar-refractivity contribution is 5.74. The molecule has 0 unspecified atom stereocenters. The Hall–Kier alpha value is -1.76. The molecule has 0 spiro atoms. The molecule has 1 rings (SSSR count). The Morgan fingerprint density at radius 1 is 1.33 bits per heavy atom. The van der Waals surface area contributed by atoms with Crippen molar-refractivity contribution in [2.75, 3.05) is 25.1 Å². The van der Waals surface area contributed by atoms with Gasteiger partial charge in [0.2, 0.25) is 5.91 Å². The van der Waals surface area contributed by atoms with E-state index in [9.17, 15) is 18.0 Å². The molecule has 0 bridgehead atoms. The second kappa shape index (κ2) is 6.25. The predicted molar refractivity (Wildman–Crippen MR) is 59.9 cm³/mol. The summed E-state index contributed by atoms with van der Waals surface area (Å²) in [5, 5.41) is 2.60. The molecule has 0 aliphatic heterocycles. The second-order valence-corrected chi connectivity index (χ2v) is 3.49. The van der Waals surface area contributed by atoms with Crippen LogP contribution in [0.5, 0.6) is 0 Å². The highest BCUT2D eigenvalue weighted by Gasteiger charge is 2.32. The number of alkyl halides is 3. The van der Waals surface area contributed by atoms with Crippen molar-refractivity contribution in [3.63, 3.8) is 0 Å². The molecule has 0 aliphatic carbocycles. The highest BCUT2D eigenvalue weighted by atomic mass is 19.4. The summed E-state index contributed by atoms with van der Waals surface area (Å²) in [6, 6.07) is 5.14. The van der Waals surface area contributed by atoms with E-state index in [1.165, 1.54) is 18.2 Å². The zero-order valence-corrected chi connectivity index (χ0v) is 9.46. The van der Waals surface area contributed by atoms with Crippen LogP contribution in [0.1, 0.15) is 5.56 Å². The first kappa shape index (κ1) is 14.3. The Morgan fingerprint density at radius 2 is 2.00 bits per heavy atom. The fraction of sp³-hybridized carbons (Fsp3) is 0.364. The lowest BCUT2D eigenvalue weighted by atomic mass is 10.1. The van der Waals surface area contributed by atoms with E-state index in [0.717, 1.165) is 6.07 Å². The Bertz CT molecular complexity index is 408. The number of halogens is 3. The van der Waals surface area contributed by atoms with E-state index in [1.54, 1.807) is 0 Å². The van der Waals surface area contributed by atoms with Crippen LogP contribution >= 0.6 is 0 Å². The SMILES string of the molecule is NC(=O)COCCNc1ccccc1C(F)(F)F. The van der Waals surface area contributed by atoms with Gasteiger partial charge in [-0.05, 0) is 12.1 Å². The summed E-state index contributed by atoms with van der Waals surface area (Å²) in [5.74, 6) is -0.620. The van der Waals surface area contributed by atoms with Gasteiger partial charge < -0.3 is 15.8 Å². The maximum Gasteiger partial charge on any atom is 0.418 e. The second-order valence-electron chi connectivity index (χ2n) is 3.49. The van der Waals surface area contributed by atoms with Gasteiger partial charge in [0.25, 0.3) is 0 Å². The minimum Gasteiger partial charge on any atom is -0.382 e. The van der Waals surface area contributed by atoms with Gasteiger partial charge in [-0.15, -0.1) is 0 Å². The molecule has 18 heavy (non-hydrogen) atoms. The molecular weight excluding hydrogens is 249 g/mol. The molecule has 0 saturated carbocycles. The fourth-order valence-corrected chi connectivity index (χ4v) is 1.32. The molecule has 100 valence electrons. The molecule has 0 heterocycles. The molecule has 0 radical (unpaired) electrons. The van der Waals surface area contributed by atoms with Crippen LogP contribution in [0, 0.1) is 0 Å². The van der Waals surface area contributed by atoms with Gasteiger partial charge in [0.1, 0.15) is 6.61 Å². The average molecular weight is 262 g/mol. The zero-order valence-electron chi connectivity index (χ0n) is 9.46. The Morgan fingerprint density at radius 3 is 2.61 bits per heavy atom. The van der Waals surface area contributed by atoms with Crippen molar-refractivity contribution in [1.82, 2.24) is 0 Å². The number of anilines is 1. The molecule has 0 aliphatic rings. The first-order valence-electron chi connectivity index (χ1n) is 5.17. The Labute approximate surface area is 102 Å². The largest absolute Gasteiger partial charge is 0.418 e. The molecule has 1 aromatic rings. The molecule has 0 atom stereocenters. The maximum absolute atomic E-state index is 12.6. The third-order valence-electron chi connectivity index (χ3n) is 2.04. The summed E-state index contributed by atoms with van der Waals surface area (Å²) in [6.45, 7) is -0.00188. The number of carbonyl (C=O) groups excluding carboxylic acids is 1. The first-order chi connectivity index (χ1) is 8.41. The van der Waals surface area contributed by atoms with E-state index < -0.39 is 17.6 Å². The first-order valence-corrected chi connectivity index (χ1v) is 5.17. The summed E-state index contributed by atoms with van der Waals surface area (Å²) < 4.78 is 42.6. The van der Waals surface area contributed by atoms with Gasteiger partial charge in [0.15, 0.2) is 0 Å². The van der Waals surface area contributed by atoms with E-state index >= 15 is 0 Å². The van der Waals surface area contributed by atoms with Crippen LogP contribution in [0.3, 0.4) is 0 Å². The van der Waals surface area contributed by atoms with Crippen molar-refractivity contribution in [2.45, 2.75) is 6.18 Å². The number of primary amides is 1. The number of nitrogens with two attached hydrogens (primary N) is 1. The minimum atomic E-state index is -4.41. The van der Waals surface area contributed by atoms with Crippen molar-refractivity contribution >= 4 is 11.6 Å². The van der Waals surface area contributed by atoms with Gasteiger partial charge in [0.05, 0.1) is 12.2 Å². The summed E-state index contributed by atoms with van der Waals surface area (Å²) in [7, 11) is 0. The van der Waals surface area contributed by atoms with Crippen molar-refractivity contribution in [3.8, 4) is 0 Å². The molecule has 0 fully saturated rings. The lowest BCUT2D eigenvalue weighted by Crippen LogP contribution is -2.21. The van der Waals surface area contributed by atoms with Crippen LogP contribution in [0.2, 0.25) is 0 Å². The molecule has 1 amide bonds. The van der Waals surface area contributed by atoms with Crippen LogP contribution in [-0.4, -0.2) is 25.7 Å². The molecular formula is C11H13F3N2O2. The van der Waals surface area contributed by atoms with E-state index in [0.29, 0.717) is 0 Å². The normalized spacial score (nSPS) is 11.3. The molecule has 0 aromatic heterocycles. The monoisotopic (exact) mass is 262 g/mol. The van der Waals surface area contributed by atoms with Crippen LogP contribution in [0.4, 0.5) is 18.9 Å². The van der Waals surface area contributed by atoms with Crippen molar-refractivity contribution in [2.24, 2.45) is 5.73 Å². The maximum atomic E-state index is 12.6. The van der Waals surface area contributed by atoms with Gasteiger partial charge in [-0.2, -0.15) is 13.2 Å². The van der Waals surface area contributed by atoms with E-state index in [1.807, 2.05) is 0 Å². The molecule has 3 N–H and O–H groups in total. The van der Waals surface area contributed by atoms with E-state index in [4.69, 9.17) is 10.5 Å². The number of carbonyl (C=O) groups is 1. The number of benzene rings is 1. The van der Waals surface area contributed by atoms with Crippen LogP contribution in [0.15, 0.2) is 24.3 Å². The molecule has 7 heteroatoms. The number of amides is 1. The summed E-state index contributed by atoms with van der Waals surface area (Å²) in [5.41, 5.74) is 4.08. The van der Waals surface area contributed by atoms with Gasteiger partial charge in [-0.25, -0.2) is 0 Å². The number of rotatable bonds is 6. The lowest BCUT2D eigenvalue weighted by molar-refractivity contribution is -0.137. The fourth-order valence-electron chi connectivity index (χ4n) is 1.32. The molecule has 4 nitrogen and oxygen atoms in total. The van der Waals surface area contributed by atoms with Gasteiger partial charge >= 0.3 is 6.18 Å². The van der Waals surface area contributed by atoms with Crippen LogP contribution in [0.25, 0.3) is 0 Å². The van der Waals surface area contributed by atoms with Crippen molar-refractivity contribution < 1.29 is 22.7 Å². The van der Waals surface area contributed by atoms with E-state index in [-0.39, 0.29) is 25.4 Å². The smallest absolute Gasteiger partial charge is 0.382 e. The lowest BCUT2D eigenvalue weighted by Gasteiger charge is -2.14. The number of para-hydroxylation sites is 1. The Kier molecular flexibility index (Phi) is 4.96. The number of ether oxygens (including phenoxy) is 1. The Balaban J connectivity index is 2.50. The third-order valence-corrected chi connectivity index (χ3v) is 2.04. The number of hydrogen-bond acceptors (Lipinski definition) is 3.